The lowest BCUT2D eigenvalue weighted by molar-refractivity contribution is -0.130. The summed E-state index contributed by atoms with van der Waals surface area (Å²) in [4.78, 5) is 25.3. The standard InChI is InChI=1S/C16H25N3O3/c1-19(12-14-8-5-11-22-14)15(20)9-10-17-16(21)18-13-6-3-2-4-7-13/h5,8,11,13H,2-4,6-7,9-10,12H2,1H3,(H2,17,18,21). The van der Waals surface area contributed by atoms with Crippen LogP contribution in [-0.4, -0.2) is 36.5 Å². The van der Waals surface area contributed by atoms with Crippen LogP contribution in [-0.2, 0) is 11.3 Å². The fourth-order valence-corrected chi connectivity index (χ4v) is 2.68. The van der Waals surface area contributed by atoms with Crippen molar-refractivity contribution >= 4 is 11.9 Å². The van der Waals surface area contributed by atoms with Gasteiger partial charge in [0.2, 0.25) is 5.91 Å². The largest absolute Gasteiger partial charge is 0.467 e. The van der Waals surface area contributed by atoms with Crippen molar-refractivity contribution in [1.82, 2.24) is 15.5 Å². The Kier molecular flexibility index (Phi) is 6.30. The van der Waals surface area contributed by atoms with Gasteiger partial charge in [-0.05, 0) is 25.0 Å². The van der Waals surface area contributed by atoms with E-state index in [2.05, 4.69) is 10.6 Å². The number of nitrogens with zero attached hydrogens (tertiary/aromatic N) is 1. The monoisotopic (exact) mass is 307 g/mol. The van der Waals surface area contributed by atoms with Crippen molar-refractivity contribution in [1.29, 1.82) is 0 Å². The molecule has 0 aliphatic heterocycles. The first-order valence-corrected chi connectivity index (χ1v) is 7.96. The molecule has 0 bridgehead atoms. The molecule has 6 nitrogen and oxygen atoms in total. The molecule has 122 valence electrons. The van der Waals surface area contributed by atoms with Gasteiger partial charge in [0.15, 0.2) is 0 Å². The van der Waals surface area contributed by atoms with E-state index in [1.54, 1.807) is 24.3 Å². The first-order chi connectivity index (χ1) is 10.6. The van der Waals surface area contributed by atoms with Gasteiger partial charge in [-0.3, -0.25) is 4.79 Å². The number of rotatable bonds is 6. The van der Waals surface area contributed by atoms with Crippen molar-refractivity contribution < 1.29 is 14.0 Å². The quantitative estimate of drug-likeness (QED) is 0.846. The van der Waals surface area contributed by atoms with Gasteiger partial charge < -0.3 is 20.0 Å². The molecule has 1 aromatic rings. The lowest BCUT2D eigenvalue weighted by atomic mass is 9.96. The smallest absolute Gasteiger partial charge is 0.315 e. The fraction of sp³-hybridized carbons (Fsp3) is 0.625. The SMILES string of the molecule is CN(Cc1ccco1)C(=O)CCNC(=O)NC1CCCCC1. The van der Waals surface area contributed by atoms with E-state index in [0.29, 0.717) is 13.1 Å². The summed E-state index contributed by atoms with van der Waals surface area (Å²) in [6, 6.07) is 3.74. The van der Waals surface area contributed by atoms with Gasteiger partial charge >= 0.3 is 6.03 Å². The Bertz CT molecular complexity index is 467. The van der Waals surface area contributed by atoms with E-state index >= 15 is 0 Å². The van der Waals surface area contributed by atoms with E-state index < -0.39 is 0 Å². The number of carbonyl (C=O) groups is 2. The summed E-state index contributed by atoms with van der Waals surface area (Å²) >= 11 is 0. The Balaban J connectivity index is 1.60. The predicted octanol–water partition coefficient (Wildman–Crippen LogP) is 2.26. The molecule has 6 heteroatoms. The zero-order chi connectivity index (χ0) is 15.8. The number of nitrogens with one attached hydrogen (secondary N) is 2. The number of hydrogen-bond acceptors (Lipinski definition) is 3. The number of urea groups is 1. The van der Waals surface area contributed by atoms with Crippen LogP contribution < -0.4 is 10.6 Å². The lowest BCUT2D eigenvalue weighted by Gasteiger charge is -2.23. The zero-order valence-corrected chi connectivity index (χ0v) is 13.1. The third-order valence-corrected chi connectivity index (χ3v) is 3.96. The van der Waals surface area contributed by atoms with Crippen LogP contribution in [0.2, 0.25) is 0 Å². The maximum atomic E-state index is 12.0. The van der Waals surface area contributed by atoms with E-state index in [-0.39, 0.29) is 24.4 Å². The summed E-state index contributed by atoms with van der Waals surface area (Å²) in [5, 5.41) is 5.72. The molecule has 0 atom stereocenters. The van der Waals surface area contributed by atoms with E-state index in [1.165, 1.54) is 19.3 Å². The highest BCUT2D eigenvalue weighted by atomic mass is 16.3. The van der Waals surface area contributed by atoms with Crippen LogP contribution in [0.5, 0.6) is 0 Å². The molecule has 1 aliphatic carbocycles. The fourth-order valence-electron chi connectivity index (χ4n) is 2.68. The first-order valence-electron chi connectivity index (χ1n) is 7.96. The van der Waals surface area contributed by atoms with Gasteiger partial charge in [-0.15, -0.1) is 0 Å². The average molecular weight is 307 g/mol. The highest BCUT2D eigenvalue weighted by Gasteiger charge is 2.16. The van der Waals surface area contributed by atoms with E-state index in [4.69, 9.17) is 4.42 Å². The Morgan fingerprint density at radius 3 is 2.77 bits per heavy atom. The van der Waals surface area contributed by atoms with Crippen LogP contribution in [0.1, 0.15) is 44.3 Å². The second kappa shape index (κ2) is 8.46. The molecule has 0 radical (unpaired) electrons. The number of furan rings is 1. The van der Waals surface area contributed by atoms with E-state index in [9.17, 15) is 9.59 Å². The highest BCUT2D eigenvalue weighted by Crippen LogP contribution is 2.17. The Morgan fingerprint density at radius 2 is 2.09 bits per heavy atom. The zero-order valence-electron chi connectivity index (χ0n) is 13.1. The molecular weight excluding hydrogens is 282 g/mol. The molecule has 0 saturated heterocycles. The lowest BCUT2D eigenvalue weighted by Crippen LogP contribution is -2.43. The molecule has 1 aliphatic rings. The van der Waals surface area contributed by atoms with Crippen molar-refractivity contribution in [3.8, 4) is 0 Å². The van der Waals surface area contributed by atoms with Crippen molar-refractivity contribution in [3.63, 3.8) is 0 Å². The molecule has 1 heterocycles. The third-order valence-electron chi connectivity index (χ3n) is 3.96. The van der Waals surface area contributed by atoms with E-state index in [0.717, 1.165) is 18.6 Å². The molecule has 1 fully saturated rings. The molecule has 0 spiro atoms. The molecule has 1 saturated carbocycles. The predicted molar refractivity (Wildman–Crippen MR) is 83.2 cm³/mol. The average Bonchev–Trinajstić information content (AvgIpc) is 3.01. The van der Waals surface area contributed by atoms with Gasteiger partial charge in [-0.2, -0.15) is 0 Å². The second-order valence-electron chi connectivity index (χ2n) is 5.81. The van der Waals surface area contributed by atoms with Gasteiger partial charge in [-0.25, -0.2) is 4.79 Å². The van der Waals surface area contributed by atoms with Gasteiger partial charge in [-0.1, -0.05) is 19.3 Å². The number of carbonyl (C=O) groups excluding carboxylic acids is 2. The van der Waals surface area contributed by atoms with Gasteiger partial charge in [0.1, 0.15) is 5.76 Å². The van der Waals surface area contributed by atoms with E-state index in [1.807, 2.05) is 6.07 Å². The van der Waals surface area contributed by atoms with Crippen LogP contribution in [0.3, 0.4) is 0 Å². The summed E-state index contributed by atoms with van der Waals surface area (Å²) in [5.41, 5.74) is 0. The van der Waals surface area contributed by atoms with Gasteiger partial charge in [0.05, 0.1) is 12.8 Å². The normalized spacial score (nSPS) is 15.3. The minimum absolute atomic E-state index is 0.0191. The molecule has 0 unspecified atom stereocenters. The minimum atomic E-state index is -0.173. The van der Waals surface area contributed by atoms with Crippen molar-refractivity contribution in [2.24, 2.45) is 0 Å². The van der Waals surface area contributed by atoms with Crippen molar-refractivity contribution in [2.45, 2.75) is 51.1 Å². The summed E-state index contributed by atoms with van der Waals surface area (Å²) < 4.78 is 5.21. The third kappa shape index (κ3) is 5.42. The molecule has 1 aromatic heterocycles. The Labute approximate surface area is 131 Å². The van der Waals surface area contributed by atoms with Crippen LogP contribution >= 0.6 is 0 Å². The number of amides is 3. The van der Waals surface area contributed by atoms with Gasteiger partial charge in [0, 0.05) is 26.1 Å². The summed E-state index contributed by atoms with van der Waals surface area (Å²) in [7, 11) is 1.73. The number of hydrogen-bond donors (Lipinski definition) is 2. The van der Waals surface area contributed by atoms with Gasteiger partial charge in [0.25, 0.3) is 0 Å². The molecular formula is C16H25N3O3. The van der Waals surface area contributed by atoms with Crippen LogP contribution in [0.15, 0.2) is 22.8 Å². The molecule has 0 aromatic carbocycles. The minimum Gasteiger partial charge on any atom is -0.467 e. The van der Waals surface area contributed by atoms with Crippen molar-refractivity contribution in [2.75, 3.05) is 13.6 Å². The highest BCUT2D eigenvalue weighted by molar-refractivity contribution is 5.78. The van der Waals surface area contributed by atoms with Crippen LogP contribution in [0, 0.1) is 0 Å². The molecule has 2 N–H and O–H groups in total. The molecule has 2 rings (SSSR count). The summed E-state index contributed by atoms with van der Waals surface area (Å²) in [6.07, 6.45) is 7.61. The molecule has 3 amide bonds. The second-order valence-corrected chi connectivity index (χ2v) is 5.81. The molecule has 22 heavy (non-hydrogen) atoms. The Morgan fingerprint density at radius 1 is 1.32 bits per heavy atom. The summed E-state index contributed by atoms with van der Waals surface area (Å²) in [5.74, 6) is 0.730. The summed E-state index contributed by atoms with van der Waals surface area (Å²) in [6.45, 7) is 0.792. The Hall–Kier alpha value is -1.98. The maximum Gasteiger partial charge on any atom is 0.315 e. The van der Waals surface area contributed by atoms with Crippen molar-refractivity contribution in [3.05, 3.63) is 24.2 Å². The topological polar surface area (TPSA) is 74.6 Å². The van der Waals surface area contributed by atoms with Crippen LogP contribution in [0.4, 0.5) is 4.79 Å². The maximum absolute atomic E-state index is 12.0. The van der Waals surface area contributed by atoms with Crippen LogP contribution in [0.25, 0.3) is 0 Å². The first kappa shape index (κ1) is 16.4.